The van der Waals surface area contributed by atoms with E-state index < -0.39 is 34.8 Å². The molecule has 1 N–H and O–H groups in total. The third-order valence-electron chi connectivity index (χ3n) is 4.66. The van der Waals surface area contributed by atoms with Gasteiger partial charge in [0.2, 0.25) is 0 Å². The minimum atomic E-state index is -4.80. The number of rotatable bonds is 7. The standard InChI is InChI=1S/C22H17F4NO4S/c23-20-11-18(8-9-19(20)22(24,25)26)17-3-1-2-15(10-17)13-27(32(30)31)12-14-4-6-16(7-5-14)21(28)29/h1-11H,12-13H2,(H,28,29)(H,30,31)/p-1. The Bertz CT molecular complexity index is 1150. The van der Waals surface area contributed by atoms with Crippen molar-refractivity contribution in [3.63, 3.8) is 0 Å². The number of carbonyl (C=O) groups is 1. The molecule has 0 bridgehead atoms. The van der Waals surface area contributed by atoms with Crippen LogP contribution in [0, 0.1) is 5.82 Å². The van der Waals surface area contributed by atoms with E-state index in [1.165, 1.54) is 24.3 Å². The van der Waals surface area contributed by atoms with Crippen LogP contribution in [0.3, 0.4) is 0 Å². The van der Waals surface area contributed by atoms with Gasteiger partial charge in [-0.05, 0) is 52.6 Å². The first kappa shape index (κ1) is 23.6. The van der Waals surface area contributed by atoms with Gasteiger partial charge in [-0.1, -0.05) is 36.4 Å². The van der Waals surface area contributed by atoms with Gasteiger partial charge in [0, 0.05) is 24.4 Å². The molecule has 3 aromatic rings. The topological polar surface area (TPSA) is 80.7 Å². The number of halogens is 4. The summed E-state index contributed by atoms with van der Waals surface area (Å²) in [5.74, 6) is -2.50. The zero-order valence-corrected chi connectivity index (χ0v) is 17.1. The van der Waals surface area contributed by atoms with Crippen LogP contribution >= 0.6 is 0 Å². The van der Waals surface area contributed by atoms with Gasteiger partial charge in [0.05, 0.1) is 11.1 Å². The summed E-state index contributed by atoms with van der Waals surface area (Å²) in [6.45, 7) is -0.0666. The molecule has 3 aromatic carbocycles. The number of aromatic carboxylic acids is 1. The second-order valence-corrected chi connectivity index (χ2v) is 7.86. The second kappa shape index (κ2) is 9.60. The van der Waals surface area contributed by atoms with Gasteiger partial charge in [0.15, 0.2) is 0 Å². The van der Waals surface area contributed by atoms with Crippen molar-refractivity contribution in [2.24, 2.45) is 0 Å². The maximum Gasteiger partial charge on any atom is 0.419 e. The fourth-order valence-electron chi connectivity index (χ4n) is 3.10. The molecule has 10 heteroatoms. The average Bonchev–Trinajstić information content (AvgIpc) is 2.73. The summed E-state index contributed by atoms with van der Waals surface area (Å²) >= 11 is -2.60. The highest BCUT2D eigenvalue weighted by Crippen LogP contribution is 2.33. The number of carboxylic acids is 1. The van der Waals surface area contributed by atoms with Gasteiger partial charge in [0.1, 0.15) is 5.82 Å². The first-order valence-corrected chi connectivity index (χ1v) is 10.2. The summed E-state index contributed by atoms with van der Waals surface area (Å²) in [5.41, 5.74) is 0.461. The van der Waals surface area contributed by atoms with E-state index in [1.54, 1.807) is 24.3 Å². The fraction of sp³-hybridized carbons (Fsp3) is 0.136. The molecule has 3 rings (SSSR count). The summed E-state index contributed by atoms with van der Waals surface area (Å²) in [7, 11) is 0. The number of nitrogens with zero attached hydrogens (tertiary/aromatic N) is 1. The van der Waals surface area contributed by atoms with Crippen molar-refractivity contribution < 1.29 is 36.2 Å². The van der Waals surface area contributed by atoms with E-state index >= 15 is 0 Å². The molecular weight excluding hydrogens is 450 g/mol. The van der Waals surface area contributed by atoms with Crippen molar-refractivity contribution in [2.75, 3.05) is 0 Å². The van der Waals surface area contributed by atoms with E-state index in [0.29, 0.717) is 22.8 Å². The van der Waals surface area contributed by atoms with Crippen LogP contribution in [-0.4, -0.2) is 24.1 Å². The summed E-state index contributed by atoms with van der Waals surface area (Å²) in [6.07, 6.45) is -4.80. The Morgan fingerprint density at radius 2 is 1.56 bits per heavy atom. The molecule has 0 amide bonds. The molecule has 0 spiro atoms. The Kier molecular flexibility index (Phi) is 7.07. The van der Waals surface area contributed by atoms with Crippen LogP contribution in [0.25, 0.3) is 11.1 Å². The zero-order chi connectivity index (χ0) is 23.5. The average molecular weight is 466 g/mol. The molecule has 0 heterocycles. The van der Waals surface area contributed by atoms with Crippen molar-refractivity contribution in [1.82, 2.24) is 4.31 Å². The van der Waals surface area contributed by atoms with E-state index in [1.807, 2.05) is 0 Å². The number of hydrogen-bond acceptors (Lipinski definition) is 3. The zero-order valence-electron chi connectivity index (χ0n) is 16.3. The lowest BCUT2D eigenvalue weighted by atomic mass is 10.0. The van der Waals surface area contributed by atoms with Gasteiger partial charge in [-0.2, -0.15) is 13.2 Å². The molecule has 1 unspecified atom stereocenters. The van der Waals surface area contributed by atoms with Crippen LogP contribution in [-0.2, 0) is 30.5 Å². The lowest BCUT2D eigenvalue weighted by Crippen LogP contribution is -2.25. The molecule has 0 radical (unpaired) electrons. The largest absolute Gasteiger partial charge is 0.760 e. The highest BCUT2D eigenvalue weighted by atomic mass is 32.2. The highest BCUT2D eigenvalue weighted by Gasteiger charge is 2.33. The molecule has 32 heavy (non-hydrogen) atoms. The Balaban J connectivity index is 1.81. The van der Waals surface area contributed by atoms with E-state index in [-0.39, 0.29) is 24.2 Å². The van der Waals surface area contributed by atoms with Crippen molar-refractivity contribution in [3.8, 4) is 11.1 Å². The van der Waals surface area contributed by atoms with Gasteiger partial charge in [-0.15, -0.1) is 0 Å². The molecule has 0 aliphatic heterocycles. The first-order valence-electron chi connectivity index (χ1n) is 9.17. The summed E-state index contributed by atoms with van der Waals surface area (Å²) in [4.78, 5) is 10.9. The third kappa shape index (κ3) is 5.78. The second-order valence-electron chi connectivity index (χ2n) is 6.91. The lowest BCUT2D eigenvalue weighted by molar-refractivity contribution is -0.139. The first-order chi connectivity index (χ1) is 15.0. The molecule has 0 aliphatic rings. The molecule has 0 fully saturated rings. The number of benzene rings is 3. The molecule has 0 aromatic heterocycles. The van der Waals surface area contributed by atoms with Crippen LogP contribution in [0.2, 0.25) is 0 Å². The van der Waals surface area contributed by atoms with Gasteiger partial charge in [0.25, 0.3) is 0 Å². The van der Waals surface area contributed by atoms with Crippen molar-refractivity contribution in [2.45, 2.75) is 19.3 Å². The van der Waals surface area contributed by atoms with E-state index in [4.69, 9.17) is 5.11 Å². The molecule has 1 atom stereocenters. The van der Waals surface area contributed by atoms with E-state index in [2.05, 4.69) is 0 Å². The van der Waals surface area contributed by atoms with E-state index in [9.17, 15) is 31.1 Å². The predicted octanol–water partition coefficient (Wildman–Crippen LogP) is 5.01. The monoisotopic (exact) mass is 466 g/mol. The van der Waals surface area contributed by atoms with Crippen LogP contribution < -0.4 is 0 Å². The summed E-state index contributed by atoms with van der Waals surface area (Å²) in [6, 6.07) is 14.7. The molecule has 0 aliphatic carbocycles. The molecule has 0 saturated heterocycles. The van der Waals surface area contributed by atoms with Crippen LogP contribution in [0.5, 0.6) is 0 Å². The van der Waals surface area contributed by atoms with Crippen LogP contribution in [0.15, 0.2) is 66.7 Å². The quantitative estimate of drug-likeness (QED) is 0.392. The van der Waals surface area contributed by atoms with Gasteiger partial charge < -0.3 is 9.66 Å². The molecular formula is C22H16F4NO4S-. The number of hydrogen-bond donors (Lipinski definition) is 1. The van der Waals surface area contributed by atoms with Crippen molar-refractivity contribution in [3.05, 3.63) is 94.8 Å². The van der Waals surface area contributed by atoms with Gasteiger partial charge >= 0.3 is 12.1 Å². The number of alkyl halides is 3. The molecule has 5 nitrogen and oxygen atoms in total. The Hall–Kier alpha value is -3.08. The highest BCUT2D eigenvalue weighted by molar-refractivity contribution is 7.76. The van der Waals surface area contributed by atoms with E-state index in [0.717, 1.165) is 16.4 Å². The van der Waals surface area contributed by atoms with Crippen molar-refractivity contribution in [1.29, 1.82) is 0 Å². The van der Waals surface area contributed by atoms with Crippen molar-refractivity contribution >= 4 is 17.2 Å². The molecule has 0 saturated carbocycles. The molecule has 168 valence electrons. The van der Waals surface area contributed by atoms with Crippen LogP contribution in [0.4, 0.5) is 17.6 Å². The summed E-state index contributed by atoms with van der Waals surface area (Å²) < 4.78 is 76.7. The third-order valence-corrected chi connectivity index (χ3v) is 5.34. The minimum absolute atomic E-state index is 0.0187. The fourth-order valence-corrected chi connectivity index (χ4v) is 3.60. The predicted molar refractivity (Wildman–Crippen MR) is 108 cm³/mol. The smallest absolute Gasteiger partial charge is 0.419 e. The Morgan fingerprint density at radius 1 is 0.938 bits per heavy atom. The lowest BCUT2D eigenvalue weighted by Gasteiger charge is -2.24. The summed E-state index contributed by atoms with van der Waals surface area (Å²) in [5, 5.41) is 8.94. The SMILES string of the molecule is O=C(O)c1ccc(CN(Cc2cccc(-c3ccc(C(F)(F)F)c(F)c3)c2)S(=O)[O-])cc1. The Labute approximate surface area is 183 Å². The maximum atomic E-state index is 13.9. The maximum absolute atomic E-state index is 13.9. The Morgan fingerprint density at radius 3 is 2.12 bits per heavy atom. The van der Waals surface area contributed by atoms with Gasteiger partial charge in [-0.25, -0.2) is 13.5 Å². The van der Waals surface area contributed by atoms with Gasteiger partial charge in [-0.3, -0.25) is 4.21 Å². The number of carboxylic acid groups (broad SMARTS) is 1. The normalized spacial score (nSPS) is 12.7. The van der Waals surface area contributed by atoms with Crippen LogP contribution in [0.1, 0.15) is 27.0 Å². The minimum Gasteiger partial charge on any atom is -0.760 e.